The molecule has 0 fully saturated rings. The Morgan fingerprint density at radius 3 is 2.71 bits per heavy atom. The van der Waals surface area contributed by atoms with Crippen molar-refractivity contribution in [2.45, 2.75) is 26.3 Å². The van der Waals surface area contributed by atoms with Gasteiger partial charge in [-0.1, -0.05) is 0 Å². The zero-order chi connectivity index (χ0) is 10.8. The van der Waals surface area contributed by atoms with Crippen LogP contribution in [0.25, 0.3) is 0 Å². The Labute approximate surface area is 92.8 Å². The number of aryl methyl sites for hydroxylation is 1. The zero-order valence-electron chi connectivity index (χ0n) is 8.67. The fraction of sp³-hybridized carbons (Fsp3) is 0.500. The molecule has 1 heterocycles. The Balaban J connectivity index is 2.65. The van der Waals surface area contributed by atoms with Crippen molar-refractivity contribution >= 4 is 15.9 Å². The molecule has 14 heavy (non-hydrogen) atoms. The van der Waals surface area contributed by atoms with Gasteiger partial charge in [0, 0.05) is 22.3 Å². The van der Waals surface area contributed by atoms with Crippen LogP contribution in [-0.2, 0) is 0 Å². The van der Waals surface area contributed by atoms with Crippen LogP contribution >= 0.6 is 15.9 Å². The van der Waals surface area contributed by atoms with E-state index in [-0.39, 0.29) is 5.54 Å². The van der Waals surface area contributed by atoms with E-state index in [9.17, 15) is 0 Å². The number of rotatable bonds is 3. The molecule has 0 atom stereocenters. The Morgan fingerprint density at radius 1 is 1.57 bits per heavy atom. The number of ether oxygens (including phenoxy) is 1. The maximum Gasteiger partial charge on any atom is 0.213 e. The van der Waals surface area contributed by atoms with Crippen LogP contribution in [0.15, 0.2) is 16.7 Å². The highest BCUT2D eigenvalue weighted by molar-refractivity contribution is 9.10. The predicted octanol–water partition coefficient (Wildman–Crippen LogP) is 2.27. The lowest BCUT2D eigenvalue weighted by atomic mass is 10.1. The normalized spacial score (nSPS) is 11.5. The van der Waals surface area contributed by atoms with Crippen molar-refractivity contribution in [3.63, 3.8) is 0 Å². The quantitative estimate of drug-likeness (QED) is 0.905. The fourth-order valence-corrected chi connectivity index (χ4v) is 1.07. The Morgan fingerprint density at radius 2 is 2.21 bits per heavy atom. The van der Waals surface area contributed by atoms with Gasteiger partial charge in [0.05, 0.1) is 0 Å². The van der Waals surface area contributed by atoms with Gasteiger partial charge in [0.15, 0.2) is 0 Å². The predicted molar refractivity (Wildman–Crippen MR) is 60.4 cm³/mol. The molecule has 0 aromatic carbocycles. The monoisotopic (exact) mass is 258 g/mol. The lowest BCUT2D eigenvalue weighted by Crippen LogP contribution is -2.38. The van der Waals surface area contributed by atoms with E-state index in [0.717, 1.165) is 10.0 Å². The summed E-state index contributed by atoms with van der Waals surface area (Å²) in [5, 5.41) is 0. The molecule has 1 aromatic heterocycles. The van der Waals surface area contributed by atoms with Crippen molar-refractivity contribution in [3.8, 4) is 5.88 Å². The van der Waals surface area contributed by atoms with Crippen molar-refractivity contribution in [1.82, 2.24) is 4.98 Å². The molecule has 1 aromatic rings. The second-order valence-corrected chi connectivity index (χ2v) is 4.90. The number of hydrogen-bond donors (Lipinski definition) is 1. The number of nitrogens with zero attached hydrogens (tertiary/aromatic N) is 1. The van der Waals surface area contributed by atoms with E-state index in [2.05, 4.69) is 20.9 Å². The summed E-state index contributed by atoms with van der Waals surface area (Å²) in [7, 11) is 0. The second kappa shape index (κ2) is 4.28. The molecule has 0 amide bonds. The summed E-state index contributed by atoms with van der Waals surface area (Å²) in [6.45, 7) is 6.28. The molecule has 2 N–H and O–H groups in total. The van der Waals surface area contributed by atoms with E-state index < -0.39 is 0 Å². The van der Waals surface area contributed by atoms with Crippen LogP contribution < -0.4 is 10.5 Å². The third-order valence-corrected chi connectivity index (χ3v) is 2.44. The summed E-state index contributed by atoms with van der Waals surface area (Å²) in [6.07, 6.45) is 1.73. The van der Waals surface area contributed by atoms with Gasteiger partial charge in [-0.3, -0.25) is 0 Å². The Bertz CT molecular complexity index is 320. The van der Waals surface area contributed by atoms with Crippen LogP contribution in [0.5, 0.6) is 5.88 Å². The molecule has 4 heteroatoms. The molecule has 0 unspecified atom stereocenters. The lowest BCUT2D eigenvalue weighted by Gasteiger charge is -2.18. The molecule has 0 aliphatic carbocycles. The smallest absolute Gasteiger partial charge is 0.213 e. The molecule has 0 radical (unpaired) electrons. The first kappa shape index (κ1) is 11.5. The van der Waals surface area contributed by atoms with Gasteiger partial charge in [0.2, 0.25) is 5.88 Å². The van der Waals surface area contributed by atoms with Crippen LogP contribution in [-0.4, -0.2) is 17.1 Å². The molecule has 78 valence electrons. The van der Waals surface area contributed by atoms with Crippen LogP contribution in [0, 0.1) is 6.92 Å². The third-order valence-electron chi connectivity index (χ3n) is 1.61. The van der Waals surface area contributed by atoms with Gasteiger partial charge >= 0.3 is 0 Å². The average molecular weight is 259 g/mol. The third kappa shape index (κ3) is 3.64. The van der Waals surface area contributed by atoms with E-state index in [1.807, 2.05) is 26.8 Å². The minimum absolute atomic E-state index is 0.331. The minimum atomic E-state index is -0.331. The highest BCUT2D eigenvalue weighted by atomic mass is 79.9. The molecule has 0 aliphatic heterocycles. The number of nitrogens with two attached hydrogens (primary N) is 1. The number of pyridine rings is 1. The number of halogens is 1. The fourth-order valence-electron chi connectivity index (χ4n) is 0.852. The first-order valence-corrected chi connectivity index (χ1v) is 5.21. The van der Waals surface area contributed by atoms with Gasteiger partial charge in [-0.15, -0.1) is 0 Å². The highest BCUT2D eigenvalue weighted by Crippen LogP contribution is 2.18. The van der Waals surface area contributed by atoms with Crippen molar-refractivity contribution in [2.75, 3.05) is 6.61 Å². The zero-order valence-corrected chi connectivity index (χ0v) is 10.3. The minimum Gasteiger partial charge on any atom is -0.476 e. The second-order valence-electron chi connectivity index (χ2n) is 4.05. The molecular formula is C10H15BrN2O. The van der Waals surface area contributed by atoms with Crippen molar-refractivity contribution in [2.24, 2.45) is 5.73 Å². The Hall–Kier alpha value is -0.610. The van der Waals surface area contributed by atoms with Gasteiger partial charge in [-0.25, -0.2) is 4.98 Å². The standard InChI is InChI=1S/C10H15BrN2O/c1-7-4-9(13-5-8(7)11)14-6-10(2,3)12/h4-5H,6,12H2,1-3H3. The topological polar surface area (TPSA) is 48.1 Å². The summed E-state index contributed by atoms with van der Waals surface area (Å²) in [5.41, 5.74) is 6.56. The molecule has 0 saturated carbocycles. The molecule has 0 aliphatic rings. The molecule has 0 spiro atoms. The van der Waals surface area contributed by atoms with E-state index in [4.69, 9.17) is 10.5 Å². The molecule has 1 rings (SSSR count). The molecular weight excluding hydrogens is 244 g/mol. The molecule has 0 saturated heterocycles. The highest BCUT2D eigenvalue weighted by Gasteiger charge is 2.12. The van der Waals surface area contributed by atoms with E-state index in [1.54, 1.807) is 6.20 Å². The maximum absolute atomic E-state index is 5.79. The van der Waals surface area contributed by atoms with Crippen LogP contribution in [0.1, 0.15) is 19.4 Å². The first-order valence-electron chi connectivity index (χ1n) is 4.42. The van der Waals surface area contributed by atoms with Crippen LogP contribution in [0.2, 0.25) is 0 Å². The molecule has 3 nitrogen and oxygen atoms in total. The van der Waals surface area contributed by atoms with Crippen molar-refractivity contribution < 1.29 is 4.74 Å². The lowest BCUT2D eigenvalue weighted by molar-refractivity contribution is 0.235. The van der Waals surface area contributed by atoms with E-state index >= 15 is 0 Å². The average Bonchev–Trinajstić information content (AvgIpc) is 2.06. The van der Waals surface area contributed by atoms with Gasteiger partial charge in [-0.2, -0.15) is 0 Å². The first-order chi connectivity index (χ1) is 6.38. The molecule has 0 bridgehead atoms. The van der Waals surface area contributed by atoms with Gasteiger partial charge in [0.1, 0.15) is 6.61 Å². The largest absolute Gasteiger partial charge is 0.476 e. The summed E-state index contributed by atoms with van der Waals surface area (Å²) < 4.78 is 6.43. The van der Waals surface area contributed by atoms with Gasteiger partial charge in [-0.05, 0) is 42.3 Å². The van der Waals surface area contributed by atoms with Gasteiger partial charge in [0.25, 0.3) is 0 Å². The summed E-state index contributed by atoms with van der Waals surface area (Å²) in [5.74, 6) is 0.615. The van der Waals surface area contributed by atoms with Gasteiger partial charge < -0.3 is 10.5 Å². The number of hydrogen-bond acceptors (Lipinski definition) is 3. The summed E-state index contributed by atoms with van der Waals surface area (Å²) in [4.78, 5) is 4.12. The summed E-state index contributed by atoms with van der Waals surface area (Å²) >= 11 is 3.38. The van der Waals surface area contributed by atoms with E-state index in [1.165, 1.54) is 0 Å². The van der Waals surface area contributed by atoms with Crippen LogP contribution in [0.3, 0.4) is 0 Å². The van der Waals surface area contributed by atoms with Crippen molar-refractivity contribution in [1.29, 1.82) is 0 Å². The summed E-state index contributed by atoms with van der Waals surface area (Å²) in [6, 6.07) is 1.88. The SMILES string of the molecule is Cc1cc(OCC(C)(C)N)ncc1Br. The van der Waals surface area contributed by atoms with E-state index in [0.29, 0.717) is 12.5 Å². The Kier molecular flexibility index (Phi) is 3.50. The maximum atomic E-state index is 5.79. The van der Waals surface area contributed by atoms with Crippen molar-refractivity contribution in [3.05, 3.63) is 22.3 Å². The van der Waals surface area contributed by atoms with Crippen LogP contribution in [0.4, 0.5) is 0 Å². The number of aromatic nitrogens is 1.